The summed E-state index contributed by atoms with van der Waals surface area (Å²) in [6.45, 7) is 3.00. The molecule has 0 radical (unpaired) electrons. The van der Waals surface area contributed by atoms with E-state index in [1.54, 1.807) is 0 Å². The highest BCUT2D eigenvalue weighted by atomic mass is 16.5. The van der Waals surface area contributed by atoms with E-state index in [2.05, 4.69) is 29.6 Å². The van der Waals surface area contributed by atoms with Crippen molar-refractivity contribution in [1.82, 2.24) is 5.32 Å². The van der Waals surface area contributed by atoms with Gasteiger partial charge in [0.25, 0.3) is 0 Å². The number of benzene rings is 1. The molecule has 1 atom stereocenters. The lowest BCUT2D eigenvalue weighted by Crippen LogP contribution is -2.37. The normalized spacial score (nSPS) is 26.4. The van der Waals surface area contributed by atoms with E-state index in [4.69, 9.17) is 4.74 Å². The maximum absolute atomic E-state index is 5.45. The summed E-state index contributed by atoms with van der Waals surface area (Å²) >= 11 is 0. The molecule has 2 aliphatic heterocycles. The second-order valence-corrected chi connectivity index (χ2v) is 4.83. The Morgan fingerprint density at radius 1 is 1.12 bits per heavy atom. The van der Waals surface area contributed by atoms with Gasteiger partial charge < -0.3 is 10.1 Å². The minimum Gasteiger partial charge on any atom is -0.381 e. The van der Waals surface area contributed by atoms with Crippen LogP contribution in [-0.4, -0.2) is 19.8 Å². The molecule has 0 bridgehead atoms. The van der Waals surface area contributed by atoms with Crippen LogP contribution in [0, 0.1) is 5.92 Å². The molecule has 1 N–H and O–H groups in total. The molecular weight excluding hydrogens is 198 g/mol. The summed E-state index contributed by atoms with van der Waals surface area (Å²) in [4.78, 5) is 0. The highest BCUT2D eigenvalue weighted by Crippen LogP contribution is 2.33. The Bertz CT molecular complexity index is 358. The first kappa shape index (κ1) is 10.3. The molecule has 1 unspecified atom stereocenters. The fourth-order valence-electron chi connectivity index (χ4n) is 3.01. The van der Waals surface area contributed by atoms with Gasteiger partial charge in [-0.05, 0) is 42.9 Å². The fourth-order valence-corrected chi connectivity index (χ4v) is 3.01. The van der Waals surface area contributed by atoms with E-state index in [0.717, 1.165) is 25.7 Å². The van der Waals surface area contributed by atoms with Gasteiger partial charge in [-0.2, -0.15) is 0 Å². The Kier molecular flexibility index (Phi) is 2.94. The van der Waals surface area contributed by atoms with Crippen LogP contribution in [0.2, 0.25) is 0 Å². The molecule has 3 rings (SSSR count). The number of nitrogens with one attached hydrogen (secondary N) is 1. The number of hydrogen-bond donors (Lipinski definition) is 1. The maximum Gasteiger partial charge on any atom is 0.0469 e. The largest absolute Gasteiger partial charge is 0.381 e. The van der Waals surface area contributed by atoms with Gasteiger partial charge in [0.1, 0.15) is 0 Å². The predicted molar refractivity (Wildman–Crippen MR) is 64.4 cm³/mol. The maximum atomic E-state index is 5.45. The summed E-state index contributed by atoms with van der Waals surface area (Å²) < 4.78 is 5.45. The molecule has 0 aromatic heterocycles. The highest BCUT2D eigenvalue weighted by Gasteiger charge is 2.28. The Balaban J connectivity index is 1.86. The van der Waals surface area contributed by atoms with Crippen molar-refractivity contribution in [1.29, 1.82) is 0 Å². The van der Waals surface area contributed by atoms with Crippen molar-refractivity contribution in [2.45, 2.75) is 25.3 Å². The molecule has 2 heteroatoms. The zero-order valence-electron chi connectivity index (χ0n) is 9.61. The van der Waals surface area contributed by atoms with Gasteiger partial charge in [-0.3, -0.25) is 0 Å². The third kappa shape index (κ3) is 1.87. The van der Waals surface area contributed by atoms with E-state index in [-0.39, 0.29) is 0 Å². The van der Waals surface area contributed by atoms with Crippen molar-refractivity contribution < 1.29 is 4.74 Å². The third-order valence-corrected chi connectivity index (χ3v) is 3.89. The molecule has 2 aliphatic rings. The van der Waals surface area contributed by atoms with E-state index < -0.39 is 0 Å². The SMILES string of the molecule is c1ccc2c(c1)CCNC2C1CCOCC1. The number of rotatable bonds is 1. The Morgan fingerprint density at radius 3 is 2.81 bits per heavy atom. The Labute approximate surface area is 97.0 Å². The lowest BCUT2D eigenvalue weighted by Gasteiger charge is -2.35. The van der Waals surface area contributed by atoms with Gasteiger partial charge in [-0.15, -0.1) is 0 Å². The molecule has 1 saturated heterocycles. The molecule has 1 aromatic carbocycles. The van der Waals surface area contributed by atoms with Gasteiger partial charge >= 0.3 is 0 Å². The minimum absolute atomic E-state index is 0.564. The fraction of sp³-hybridized carbons (Fsp3) is 0.571. The molecule has 86 valence electrons. The van der Waals surface area contributed by atoms with Gasteiger partial charge in [0, 0.05) is 19.3 Å². The van der Waals surface area contributed by atoms with Crippen LogP contribution in [0.1, 0.15) is 30.0 Å². The number of ether oxygens (including phenoxy) is 1. The standard InChI is InChI=1S/C14H19NO/c1-2-4-13-11(3-1)5-8-15-14(13)12-6-9-16-10-7-12/h1-4,12,14-15H,5-10H2. The van der Waals surface area contributed by atoms with Gasteiger partial charge in [0.05, 0.1) is 0 Å². The molecule has 2 heterocycles. The van der Waals surface area contributed by atoms with Crippen LogP contribution >= 0.6 is 0 Å². The van der Waals surface area contributed by atoms with E-state index in [1.807, 2.05) is 0 Å². The second kappa shape index (κ2) is 4.56. The monoisotopic (exact) mass is 217 g/mol. The molecule has 0 amide bonds. The van der Waals surface area contributed by atoms with Gasteiger partial charge in [0.2, 0.25) is 0 Å². The van der Waals surface area contributed by atoms with Gasteiger partial charge in [-0.1, -0.05) is 24.3 Å². The first-order chi connectivity index (χ1) is 7.95. The molecule has 2 nitrogen and oxygen atoms in total. The van der Waals surface area contributed by atoms with E-state index in [1.165, 1.54) is 30.4 Å². The zero-order chi connectivity index (χ0) is 10.8. The van der Waals surface area contributed by atoms with E-state index in [9.17, 15) is 0 Å². The molecule has 1 fully saturated rings. The summed E-state index contributed by atoms with van der Waals surface area (Å²) in [7, 11) is 0. The van der Waals surface area contributed by atoms with Crippen molar-refractivity contribution in [2.75, 3.05) is 19.8 Å². The van der Waals surface area contributed by atoms with Crippen molar-refractivity contribution in [3.63, 3.8) is 0 Å². The van der Waals surface area contributed by atoms with Crippen molar-refractivity contribution >= 4 is 0 Å². The van der Waals surface area contributed by atoms with E-state index >= 15 is 0 Å². The Hall–Kier alpha value is -0.860. The molecule has 0 spiro atoms. The van der Waals surface area contributed by atoms with Crippen LogP contribution in [0.15, 0.2) is 24.3 Å². The van der Waals surface area contributed by atoms with Crippen LogP contribution in [0.4, 0.5) is 0 Å². The van der Waals surface area contributed by atoms with Crippen LogP contribution in [0.25, 0.3) is 0 Å². The first-order valence-electron chi connectivity index (χ1n) is 6.34. The average molecular weight is 217 g/mol. The van der Waals surface area contributed by atoms with Crippen molar-refractivity contribution in [3.8, 4) is 0 Å². The number of fused-ring (bicyclic) bond motifs is 1. The smallest absolute Gasteiger partial charge is 0.0469 e. The lowest BCUT2D eigenvalue weighted by molar-refractivity contribution is 0.0527. The lowest BCUT2D eigenvalue weighted by atomic mass is 9.82. The highest BCUT2D eigenvalue weighted by molar-refractivity contribution is 5.32. The van der Waals surface area contributed by atoms with Gasteiger partial charge in [0.15, 0.2) is 0 Å². The molecule has 0 saturated carbocycles. The summed E-state index contributed by atoms with van der Waals surface area (Å²) in [5, 5.41) is 3.69. The Morgan fingerprint density at radius 2 is 1.94 bits per heavy atom. The predicted octanol–water partition coefficient (Wildman–Crippen LogP) is 2.30. The van der Waals surface area contributed by atoms with Crippen LogP contribution in [0.3, 0.4) is 0 Å². The van der Waals surface area contributed by atoms with E-state index in [0.29, 0.717) is 6.04 Å². The van der Waals surface area contributed by atoms with Gasteiger partial charge in [-0.25, -0.2) is 0 Å². The average Bonchev–Trinajstić information content (AvgIpc) is 2.39. The number of hydrogen-bond acceptors (Lipinski definition) is 2. The molecule has 16 heavy (non-hydrogen) atoms. The molecule has 1 aromatic rings. The summed E-state index contributed by atoms with van der Waals surface area (Å²) in [5.41, 5.74) is 3.07. The van der Waals surface area contributed by atoms with Crippen LogP contribution in [-0.2, 0) is 11.2 Å². The summed E-state index contributed by atoms with van der Waals surface area (Å²) in [6.07, 6.45) is 3.58. The topological polar surface area (TPSA) is 21.3 Å². The third-order valence-electron chi connectivity index (χ3n) is 3.89. The van der Waals surface area contributed by atoms with Crippen LogP contribution in [0.5, 0.6) is 0 Å². The van der Waals surface area contributed by atoms with Crippen molar-refractivity contribution in [2.24, 2.45) is 5.92 Å². The summed E-state index contributed by atoms with van der Waals surface area (Å²) in [5.74, 6) is 0.759. The quantitative estimate of drug-likeness (QED) is 0.779. The molecular formula is C14H19NO. The summed E-state index contributed by atoms with van der Waals surface area (Å²) in [6, 6.07) is 9.46. The zero-order valence-corrected chi connectivity index (χ0v) is 9.61. The second-order valence-electron chi connectivity index (χ2n) is 4.83. The minimum atomic E-state index is 0.564. The van der Waals surface area contributed by atoms with Crippen molar-refractivity contribution in [3.05, 3.63) is 35.4 Å². The molecule has 0 aliphatic carbocycles. The first-order valence-corrected chi connectivity index (χ1v) is 6.34. The van der Waals surface area contributed by atoms with Crippen LogP contribution < -0.4 is 5.32 Å².